The van der Waals surface area contributed by atoms with E-state index in [9.17, 15) is 4.79 Å². The third kappa shape index (κ3) is 2.93. The Morgan fingerprint density at radius 3 is 2.48 bits per heavy atom. The van der Waals surface area contributed by atoms with Crippen molar-refractivity contribution >= 4 is 5.78 Å². The van der Waals surface area contributed by atoms with Gasteiger partial charge in [-0.15, -0.1) is 0 Å². The van der Waals surface area contributed by atoms with Crippen molar-refractivity contribution in [3.63, 3.8) is 0 Å². The van der Waals surface area contributed by atoms with Gasteiger partial charge in [0.05, 0.1) is 0 Å². The molecule has 3 rings (SSSR count). The molecular weight excluding hydrogens is 308 g/mol. The second-order valence-corrected chi connectivity index (χ2v) is 6.95. The number of benzene rings is 2. The van der Waals surface area contributed by atoms with Gasteiger partial charge in [0.2, 0.25) is 0 Å². The number of Topliss-reactive ketones (excluding diaryl/α,β-unsaturated/α-hetero) is 1. The van der Waals surface area contributed by atoms with Crippen LogP contribution in [-0.2, 0) is 15.1 Å². The minimum atomic E-state index is -0.930. The minimum Gasteiger partial charge on any atom is -0.358 e. The third-order valence-electron chi connectivity index (χ3n) is 5.14. The van der Waals surface area contributed by atoms with Crippen LogP contribution in [-0.4, -0.2) is 12.4 Å². The molecule has 0 aliphatic heterocycles. The van der Waals surface area contributed by atoms with E-state index in [1.807, 2.05) is 12.1 Å². The predicted molar refractivity (Wildman–Crippen MR) is 103 cm³/mol. The SMILES string of the molecule is CCCCCC(=O)C1(OCCC)c2ccccc2-c2cccc(C)c21. The first-order valence-electron chi connectivity index (χ1n) is 9.54. The van der Waals surface area contributed by atoms with E-state index in [0.717, 1.165) is 53.5 Å². The number of aryl methyl sites for hydroxylation is 1. The van der Waals surface area contributed by atoms with Crippen molar-refractivity contribution in [3.05, 3.63) is 59.2 Å². The summed E-state index contributed by atoms with van der Waals surface area (Å²) >= 11 is 0. The number of ketones is 1. The fourth-order valence-corrected chi connectivity index (χ4v) is 4.01. The van der Waals surface area contributed by atoms with E-state index in [1.54, 1.807) is 0 Å². The van der Waals surface area contributed by atoms with Gasteiger partial charge in [0.15, 0.2) is 11.4 Å². The van der Waals surface area contributed by atoms with Crippen LogP contribution in [0.3, 0.4) is 0 Å². The van der Waals surface area contributed by atoms with Gasteiger partial charge in [-0.05, 0) is 36.5 Å². The van der Waals surface area contributed by atoms with Gasteiger partial charge in [0.1, 0.15) is 0 Å². The molecule has 0 N–H and O–H groups in total. The number of hydrogen-bond donors (Lipinski definition) is 0. The van der Waals surface area contributed by atoms with Gasteiger partial charge in [-0.2, -0.15) is 0 Å². The molecule has 2 aromatic rings. The highest BCUT2D eigenvalue weighted by atomic mass is 16.5. The first-order chi connectivity index (χ1) is 12.2. The molecular formula is C23H28O2. The van der Waals surface area contributed by atoms with Crippen molar-refractivity contribution in [2.75, 3.05) is 6.61 Å². The lowest BCUT2D eigenvalue weighted by Crippen LogP contribution is -2.39. The molecule has 0 radical (unpaired) electrons. The van der Waals surface area contributed by atoms with E-state index in [0.29, 0.717) is 13.0 Å². The van der Waals surface area contributed by atoms with Crippen molar-refractivity contribution in [1.82, 2.24) is 0 Å². The van der Waals surface area contributed by atoms with Crippen LogP contribution in [0.5, 0.6) is 0 Å². The lowest BCUT2D eigenvalue weighted by molar-refractivity contribution is -0.140. The molecule has 0 saturated carbocycles. The van der Waals surface area contributed by atoms with Gasteiger partial charge >= 0.3 is 0 Å². The largest absolute Gasteiger partial charge is 0.358 e. The highest BCUT2D eigenvalue weighted by molar-refractivity contribution is 6.00. The second kappa shape index (κ2) is 7.53. The quantitative estimate of drug-likeness (QED) is 0.570. The Labute approximate surface area is 151 Å². The van der Waals surface area contributed by atoms with Crippen LogP contribution in [0.25, 0.3) is 11.1 Å². The van der Waals surface area contributed by atoms with Crippen molar-refractivity contribution in [3.8, 4) is 11.1 Å². The smallest absolute Gasteiger partial charge is 0.177 e. The summed E-state index contributed by atoms with van der Waals surface area (Å²) in [4.78, 5) is 13.5. The van der Waals surface area contributed by atoms with Gasteiger partial charge in [0, 0.05) is 24.2 Å². The maximum absolute atomic E-state index is 13.5. The second-order valence-electron chi connectivity index (χ2n) is 6.95. The van der Waals surface area contributed by atoms with Crippen LogP contribution in [0.1, 0.15) is 62.6 Å². The average molecular weight is 336 g/mol. The summed E-state index contributed by atoms with van der Waals surface area (Å²) in [5.74, 6) is 0.204. The lowest BCUT2D eigenvalue weighted by atomic mass is 9.82. The summed E-state index contributed by atoms with van der Waals surface area (Å²) in [5.41, 5.74) is 4.58. The molecule has 132 valence electrons. The number of hydrogen-bond acceptors (Lipinski definition) is 2. The number of fused-ring (bicyclic) bond motifs is 3. The summed E-state index contributed by atoms with van der Waals surface area (Å²) in [6, 6.07) is 14.5. The Hall–Kier alpha value is -1.93. The maximum atomic E-state index is 13.5. The van der Waals surface area contributed by atoms with Crippen LogP contribution in [0.2, 0.25) is 0 Å². The van der Waals surface area contributed by atoms with Crippen LogP contribution < -0.4 is 0 Å². The van der Waals surface area contributed by atoms with Crippen LogP contribution in [0.15, 0.2) is 42.5 Å². The molecule has 0 saturated heterocycles. The number of ether oxygens (including phenoxy) is 1. The zero-order valence-electron chi connectivity index (χ0n) is 15.6. The van der Waals surface area contributed by atoms with Crippen molar-refractivity contribution < 1.29 is 9.53 Å². The molecule has 1 atom stereocenters. The molecule has 2 nitrogen and oxygen atoms in total. The number of rotatable bonds is 8. The van der Waals surface area contributed by atoms with Crippen LogP contribution >= 0.6 is 0 Å². The molecule has 2 heteroatoms. The lowest BCUT2D eigenvalue weighted by Gasteiger charge is -2.32. The Bertz CT molecular complexity index is 762. The Balaban J connectivity index is 2.18. The molecule has 2 aromatic carbocycles. The van der Waals surface area contributed by atoms with Gasteiger partial charge < -0.3 is 4.74 Å². The highest BCUT2D eigenvalue weighted by Gasteiger charge is 2.50. The Morgan fingerprint density at radius 1 is 0.960 bits per heavy atom. The van der Waals surface area contributed by atoms with Crippen molar-refractivity contribution in [1.29, 1.82) is 0 Å². The minimum absolute atomic E-state index is 0.204. The van der Waals surface area contributed by atoms with Crippen molar-refractivity contribution in [2.45, 2.75) is 58.5 Å². The third-order valence-corrected chi connectivity index (χ3v) is 5.14. The summed E-state index contributed by atoms with van der Waals surface area (Å²) in [7, 11) is 0. The van der Waals surface area contributed by atoms with E-state index in [2.05, 4.69) is 51.1 Å². The fourth-order valence-electron chi connectivity index (χ4n) is 4.01. The highest BCUT2D eigenvalue weighted by Crippen LogP contribution is 2.52. The van der Waals surface area contributed by atoms with Crippen LogP contribution in [0.4, 0.5) is 0 Å². The summed E-state index contributed by atoms with van der Waals surface area (Å²) < 4.78 is 6.42. The van der Waals surface area contributed by atoms with Crippen LogP contribution in [0, 0.1) is 6.92 Å². The van der Waals surface area contributed by atoms with Gasteiger partial charge in [-0.25, -0.2) is 0 Å². The van der Waals surface area contributed by atoms with E-state index in [4.69, 9.17) is 4.74 Å². The molecule has 1 aliphatic rings. The van der Waals surface area contributed by atoms with E-state index in [1.165, 1.54) is 0 Å². The average Bonchev–Trinajstić information content (AvgIpc) is 2.93. The molecule has 0 amide bonds. The zero-order chi connectivity index (χ0) is 17.9. The number of unbranched alkanes of at least 4 members (excludes halogenated alkanes) is 2. The molecule has 0 spiro atoms. The van der Waals surface area contributed by atoms with E-state index >= 15 is 0 Å². The fraction of sp³-hybridized carbons (Fsp3) is 0.435. The molecule has 0 fully saturated rings. The first-order valence-corrected chi connectivity index (χ1v) is 9.54. The molecule has 0 bridgehead atoms. The van der Waals surface area contributed by atoms with Gasteiger partial charge in [-0.3, -0.25) is 4.79 Å². The predicted octanol–water partition coefficient (Wildman–Crippen LogP) is 5.80. The number of carbonyl (C=O) groups is 1. The molecule has 0 heterocycles. The van der Waals surface area contributed by atoms with Gasteiger partial charge in [-0.1, -0.05) is 69.2 Å². The first kappa shape index (κ1) is 17.9. The van der Waals surface area contributed by atoms with E-state index < -0.39 is 5.60 Å². The molecule has 1 unspecified atom stereocenters. The molecule has 0 aromatic heterocycles. The Kier molecular flexibility index (Phi) is 5.39. The standard InChI is InChI=1S/C23H28O2/c1-4-6-7-15-21(24)23(25-16-5-2)20-14-9-8-12-18(20)19-13-10-11-17(3)22(19)23/h8-14H,4-7,15-16H2,1-3H3. The normalized spacial score (nSPS) is 18.0. The molecule has 25 heavy (non-hydrogen) atoms. The number of carbonyl (C=O) groups excluding carboxylic acids is 1. The van der Waals surface area contributed by atoms with Gasteiger partial charge in [0.25, 0.3) is 0 Å². The van der Waals surface area contributed by atoms with E-state index in [-0.39, 0.29) is 5.78 Å². The topological polar surface area (TPSA) is 26.3 Å². The summed E-state index contributed by atoms with van der Waals surface area (Å²) in [5, 5.41) is 0. The molecule has 1 aliphatic carbocycles. The van der Waals surface area contributed by atoms with Crippen molar-refractivity contribution in [2.24, 2.45) is 0 Å². The zero-order valence-corrected chi connectivity index (χ0v) is 15.6. The monoisotopic (exact) mass is 336 g/mol. The summed E-state index contributed by atoms with van der Waals surface area (Å²) in [6.45, 7) is 6.93. The Morgan fingerprint density at radius 2 is 1.72 bits per heavy atom. The summed E-state index contributed by atoms with van der Waals surface area (Å²) in [6.07, 6.45) is 4.59. The maximum Gasteiger partial charge on any atom is 0.177 e.